The fourth-order valence-corrected chi connectivity index (χ4v) is 3.93. The molecule has 0 aliphatic carbocycles. The van der Waals surface area contributed by atoms with Gasteiger partial charge in [0.25, 0.3) is 0 Å². The number of thioether (sulfide) groups is 1. The van der Waals surface area contributed by atoms with E-state index in [0.29, 0.717) is 45.2 Å². The Morgan fingerprint density at radius 1 is 1.21 bits per heavy atom. The number of esters is 1. The molecule has 0 unspecified atom stereocenters. The minimum absolute atomic E-state index is 0. The van der Waals surface area contributed by atoms with Gasteiger partial charge in [-0.15, -0.1) is 24.2 Å². The fraction of sp³-hybridized carbons (Fsp3) is 0.286. The molecule has 2 aromatic carbocycles. The van der Waals surface area contributed by atoms with E-state index in [-0.39, 0.29) is 24.8 Å². The lowest BCUT2D eigenvalue weighted by Crippen LogP contribution is -2.12. The highest BCUT2D eigenvalue weighted by Gasteiger charge is 2.26. The van der Waals surface area contributed by atoms with E-state index in [1.165, 1.54) is 11.8 Å². The molecule has 1 heterocycles. The van der Waals surface area contributed by atoms with E-state index in [1.54, 1.807) is 19.1 Å². The Bertz CT molecular complexity index is 987. The van der Waals surface area contributed by atoms with Crippen LogP contribution in [-0.2, 0) is 17.0 Å². The van der Waals surface area contributed by atoms with Gasteiger partial charge < -0.3 is 19.2 Å². The van der Waals surface area contributed by atoms with Crippen LogP contribution in [-0.4, -0.2) is 36.7 Å². The molecule has 5 nitrogen and oxygen atoms in total. The molecule has 0 radical (unpaired) electrons. The average Bonchev–Trinajstić information content (AvgIpc) is 3.02. The van der Waals surface area contributed by atoms with E-state index in [4.69, 9.17) is 20.8 Å². The highest BCUT2D eigenvalue weighted by Crippen LogP contribution is 2.37. The second-order valence-electron chi connectivity index (χ2n) is 6.54. The van der Waals surface area contributed by atoms with Crippen molar-refractivity contribution in [3.05, 3.63) is 58.3 Å². The summed E-state index contributed by atoms with van der Waals surface area (Å²) >= 11 is 7.48. The van der Waals surface area contributed by atoms with Gasteiger partial charge >= 0.3 is 5.97 Å². The van der Waals surface area contributed by atoms with Gasteiger partial charge in [-0.1, -0.05) is 11.6 Å². The van der Waals surface area contributed by atoms with E-state index in [9.17, 15) is 9.90 Å². The molecule has 8 heteroatoms. The molecular weight excluding hydrogens is 433 g/mol. The smallest absolute Gasteiger partial charge is 0.342 e. The van der Waals surface area contributed by atoms with Gasteiger partial charge in [0.1, 0.15) is 22.7 Å². The highest BCUT2D eigenvalue weighted by atomic mass is 35.5. The first-order valence-corrected chi connectivity index (χ1v) is 10.2. The van der Waals surface area contributed by atoms with Crippen LogP contribution in [0.3, 0.4) is 0 Å². The number of hydrogen-bond acceptors (Lipinski definition) is 6. The average molecular weight is 456 g/mol. The van der Waals surface area contributed by atoms with E-state index in [0.717, 1.165) is 4.90 Å². The summed E-state index contributed by atoms with van der Waals surface area (Å²) in [6, 6.07) is 10.8. The number of carbonyl (C=O) groups excluding carboxylic acids is 1. The molecule has 3 aromatic rings. The lowest BCUT2D eigenvalue weighted by atomic mass is 10.0. The van der Waals surface area contributed by atoms with Gasteiger partial charge in [0.2, 0.25) is 0 Å². The summed E-state index contributed by atoms with van der Waals surface area (Å²) in [7, 11) is 3.80. The SMILES string of the molecule is CCOC(=O)c1c(CSc2ccc(Cl)cc2)oc2ccc(O)c(CN(C)C)c12.Cl. The van der Waals surface area contributed by atoms with Gasteiger partial charge in [-0.25, -0.2) is 4.79 Å². The summed E-state index contributed by atoms with van der Waals surface area (Å²) in [5.74, 6) is 0.661. The van der Waals surface area contributed by atoms with Gasteiger partial charge in [-0.05, 0) is 57.4 Å². The van der Waals surface area contributed by atoms with Crippen LogP contribution in [0.5, 0.6) is 5.75 Å². The van der Waals surface area contributed by atoms with Crippen molar-refractivity contribution in [1.29, 1.82) is 0 Å². The van der Waals surface area contributed by atoms with Gasteiger partial charge in [0.05, 0.1) is 12.4 Å². The molecule has 0 spiro atoms. The summed E-state index contributed by atoms with van der Waals surface area (Å²) in [6.07, 6.45) is 0. The topological polar surface area (TPSA) is 62.9 Å². The van der Waals surface area contributed by atoms with Crippen LogP contribution in [0, 0.1) is 0 Å². The van der Waals surface area contributed by atoms with E-state index >= 15 is 0 Å². The normalized spacial score (nSPS) is 10.9. The molecule has 3 rings (SSSR count). The third-order valence-corrected chi connectivity index (χ3v) is 5.41. The first-order chi connectivity index (χ1) is 13.4. The maximum absolute atomic E-state index is 12.7. The van der Waals surface area contributed by atoms with Crippen molar-refractivity contribution in [3.8, 4) is 5.75 Å². The number of phenolic OH excluding ortho intramolecular Hbond substituents is 1. The largest absolute Gasteiger partial charge is 0.508 e. The summed E-state index contributed by atoms with van der Waals surface area (Å²) in [5.41, 5.74) is 1.59. The van der Waals surface area contributed by atoms with Crippen molar-refractivity contribution in [1.82, 2.24) is 4.90 Å². The van der Waals surface area contributed by atoms with Crippen molar-refractivity contribution in [2.45, 2.75) is 24.1 Å². The first-order valence-electron chi connectivity index (χ1n) is 8.87. The molecule has 0 atom stereocenters. The maximum atomic E-state index is 12.7. The Hall–Kier alpha value is -1.86. The second kappa shape index (κ2) is 10.3. The molecule has 0 saturated heterocycles. The van der Waals surface area contributed by atoms with Crippen molar-refractivity contribution in [2.75, 3.05) is 20.7 Å². The van der Waals surface area contributed by atoms with E-state index in [1.807, 2.05) is 43.3 Å². The number of nitrogens with zero attached hydrogens (tertiary/aromatic N) is 1. The molecule has 0 aliphatic heterocycles. The summed E-state index contributed by atoms with van der Waals surface area (Å²) in [5, 5.41) is 11.7. The summed E-state index contributed by atoms with van der Waals surface area (Å²) in [4.78, 5) is 15.7. The molecule has 0 aliphatic rings. The zero-order chi connectivity index (χ0) is 20.3. The van der Waals surface area contributed by atoms with Crippen molar-refractivity contribution >= 4 is 52.7 Å². The number of carbonyl (C=O) groups is 1. The minimum atomic E-state index is -0.446. The summed E-state index contributed by atoms with van der Waals surface area (Å²) < 4.78 is 11.3. The maximum Gasteiger partial charge on any atom is 0.342 e. The molecule has 0 fully saturated rings. The Morgan fingerprint density at radius 2 is 1.90 bits per heavy atom. The monoisotopic (exact) mass is 455 g/mol. The van der Waals surface area contributed by atoms with Gasteiger partial charge in [-0.3, -0.25) is 0 Å². The molecule has 1 N–H and O–H groups in total. The number of furan rings is 1. The van der Waals surface area contributed by atoms with E-state index in [2.05, 4.69) is 0 Å². The molecule has 0 amide bonds. The van der Waals surface area contributed by atoms with Crippen LogP contribution in [0.25, 0.3) is 11.0 Å². The number of hydrogen-bond donors (Lipinski definition) is 1. The van der Waals surface area contributed by atoms with Crippen LogP contribution in [0.1, 0.15) is 28.6 Å². The number of ether oxygens (including phenoxy) is 1. The van der Waals surface area contributed by atoms with Gasteiger partial charge in [0.15, 0.2) is 0 Å². The van der Waals surface area contributed by atoms with Crippen molar-refractivity contribution in [3.63, 3.8) is 0 Å². The first kappa shape index (κ1) is 23.4. The molecule has 1 aromatic heterocycles. The van der Waals surface area contributed by atoms with Crippen LogP contribution in [0.2, 0.25) is 5.02 Å². The number of benzene rings is 2. The fourth-order valence-electron chi connectivity index (χ4n) is 2.97. The minimum Gasteiger partial charge on any atom is -0.508 e. The lowest BCUT2D eigenvalue weighted by molar-refractivity contribution is 0.0526. The van der Waals surface area contributed by atoms with Crippen LogP contribution in [0.4, 0.5) is 0 Å². The van der Waals surface area contributed by atoms with Crippen LogP contribution in [0.15, 0.2) is 45.7 Å². The predicted octanol–water partition coefficient (Wildman–Crippen LogP) is 5.74. The number of rotatable bonds is 7. The Morgan fingerprint density at radius 3 is 2.52 bits per heavy atom. The standard InChI is InChI=1S/C21H22ClNO4S.ClH/c1-4-26-21(25)20-18(12-28-14-7-5-13(22)6-8-14)27-17-10-9-16(24)15(19(17)20)11-23(2)3;/h5-10,24H,4,11-12H2,1-3H3;1H. The third kappa shape index (κ3) is 5.39. The van der Waals surface area contributed by atoms with Crippen LogP contribution < -0.4 is 0 Å². The quantitative estimate of drug-likeness (QED) is 0.361. The Balaban J connectivity index is 0.00000300. The summed E-state index contributed by atoms with van der Waals surface area (Å²) in [6.45, 7) is 2.50. The third-order valence-electron chi connectivity index (χ3n) is 4.15. The molecule has 156 valence electrons. The number of aromatic hydroxyl groups is 1. The van der Waals surface area contributed by atoms with Gasteiger partial charge in [-0.2, -0.15) is 0 Å². The van der Waals surface area contributed by atoms with Crippen molar-refractivity contribution < 1.29 is 19.1 Å². The lowest BCUT2D eigenvalue weighted by Gasteiger charge is -2.13. The highest BCUT2D eigenvalue weighted by molar-refractivity contribution is 7.98. The zero-order valence-electron chi connectivity index (χ0n) is 16.4. The zero-order valence-corrected chi connectivity index (χ0v) is 18.8. The molecule has 0 saturated carbocycles. The molecule has 29 heavy (non-hydrogen) atoms. The number of phenols is 1. The predicted molar refractivity (Wildman–Crippen MR) is 119 cm³/mol. The number of halogens is 2. The molecular formula is C21H23Cl2NO4S. The Labute approximate surface area is 185 Å². The van der Waals surface area contributed by atoms with Gasteiger partial charge in [0, 0.05) is 27.4 Å². The molecule has 0 bridgehead atoms. The van der Waals surface area contributed by atoms with E-state index < -0.39 is 5.97 Å². The second-order valence-corrected chi connectivity index (χ2v) is 8.02. The van der Waals surface area contributed by atoms with Crippen molar-refractivity contribution in [2.24, 2.45) is 0 Å². The Kier molecular flexibility index (Phi) is 8.28. The number of fused-ring (bicyclic) bond motifs is 1. The van der Waals surface area contributed by atoms with Crippen LogP contribution >= 0.6 is 35.8 Å².